The molecule has 0 aromatic rings. The molecular formula is C11H22N2O. The van der Waals surface area contributed by atoms with Crippen LogP contribution < -0.4 is 11.1 Å². The minimum atomic E-state index is 0.180. The van der Waals surface area contributed by atoms with E-state index in [9.17, 15) is 0 Å². The molecule has 0 aromatic carbocycles. The fourth-order valence-corrected chi connectivity index (χ4v) is 2.14. The molecule has 1 aliphatic carbocycles. The molecule has 0 aromatic heterocycles. The lowest BCUT2D eigenvalue weighted by molar-refractivity contribution is 0.137. The van der Waals surface area contributed by atoms with Crippen molar-refractivity contribution < 1.29 is 4.74 Å². The molecule has 1 aliphatic heterocycles. The van der Waals surface area contributed by atoms with Gasteiger partial charge in [0.05, 0.1) is 0 Å². The Kier molecular flexibility index (Phi) is 3.42. The van der Waals surface area contributed by atoms with Crippen LogP contribution in [0, 0.1) is 5.92 Å². The Labute approximate surface area is 86.4 Å². The van der Waals surface area contributed by atoms with Crippen molar-refractivity contribution >= 4 is 0 Å². The maximum Gasteiger partial charge on any atom is 0.0484 e. The average Bonchev–Trinajstić information content (AvgIpc) is 3.03. The summed E-state index contributed by atoms with van der Waals surface area (Å²) in [6.07, 6.45) is 6.22. The zero-order valence-electron chi connectivity index (χ0n) is 8.93. The normalized spacial score (nSPS) is 34.1. The molecule has 14 heavy (non-hydrogen) atoms. The molecule has 2 aliphatic rings. The van der Waals surface area contributed by atoms with E-state index in [4.69, 9.17) is 10.5 Å². The Morgan fingerprint density at radius 3 is 2.86 bits per heavy atom. The molecule has 0 spiro atoms. The first kappa shape index (κ1) is 10.4. The second-order valence-corrected chi connectivity index (χ2v) is 4.77. The van der Waals surface area contributed by atoms with Crippen LogP contribution >= 0.6 is 0 Å². The van der Waals surface area contributed by atoms with E-state index in [0.717, 1.165) is 45.1 Å². The summed E-state index contributed by atoms with van der Waals surface area (Å²) in [5.74, 6) is 0.933. The Morgan fingerprint density at radius 1 is 1.29 bits per heavy atom. The standard InChI is InChI=1S/C11H22N2O/c12-9-11(13-8-10-2-3-10)4-1-6-14-7-5-11/h10,13H,1-9,12H2. The Bertz CT molecular complexity index is 172. The number of ether oxygens (including phenoxy) is 1. The van der Waals surface area contributed by atoms with Gasteiger partial charge in [-0.2, -0.15) is 0 Å². The molecule has 3 N–H and O–H groups in total. The largest absolute Gasteiger partial charge is 0.381 e. The van der Waals surface area contributed by atoms with Gasteiger partial charge >= 0.3 is 0 Å². The van der Waals surface area contributed by atoms with Crippen molar-refractivity contribution in [2.24, 2.45) is 11.7 Å². The van der Waals surface area contributed by atoms with Gasteiger partial charge in [-0.15, -0.1) is 0 Å². The van der Waals surface area contributed by atoms with Crippen LogP contribution in [0.1, 0.15) is 32.1 Å². The van der Waals surface area contributed by atoms with Gasteiger partial charge in [-0.3, -0.25) is 0 Å². The lowest BCUT2D eigenvalue weighted by Gasteiger charge is -2.32. The predicted octanol–water partition coefficient (Wildman–Crippen LogP) is 0.884. The minimum Gasteiger partial charge on any atom is -0.381 e. The topological polar surface area (TPSA) is 47.3 Å². The maximum atomic E-state index is 5.90. The van der Waals surface area contributed by atoms with E-state index in [2.05, 4.69) is 5.32 Å². The van der Waals surface area contributed by atoms with Gasteiger partial charge in [-0.05, 0) is 44.6 Å². The fourth-order valence-electron chi connectivity index (χ4n) is 2.14. The van der Waals surface area contributed by atoms with Crippen LogP contribution in [-0.2, 0) is 4.74 Å². The molecule has 2 fully saturated rings. The van der Waals surface area contributed by atoms with E-state index in [0.29, 0.717) is 0 Å². The highest BCUT2D eigenvalue weighted by Gasteiger charge is 2.31. The Hall–Kier alpha value is -0.120. The summed E-state index contributed by atoms with van der Waals surface area (Å²) < 4.78 is 5.48. The molecule has 1 saturated heterocycles. The van der Waals surface area contributed by atoms with Crippen molar-refractivity contribution in [2.45, 2.75) is 37.6 Å². The SMILES string of the molecule is NCC1(NCC2CC2)CCCOCC1. The van der Waals surface area contributed by atoms with Crippen molar-refractivity contribution in [2.75, 3.05) is 26.3 Å². The molecule has 0 radical (unpaired) electrons. The van der Waals surface area contributed by atoms with E-state index in [1.807, 2.05) is 0 Å². The molecule has 1 unspecified atom stereocenters. The van der Waals surface area contributed by atoms with E-state index in [1.54, 1.807) is 0 Å². The van der Waals surface area contributed by atoms with E-state index in [-0.39, 0.29) is 5.54 Å². The number of rotatable bonds is 4. The van der Waals surface area contributed by atoms with Gasteiger partial charge < -0.3 is 15.8 Å². The first-order valence-corrected chi connectivity index (χ1v) is 5.87. The highest BCUT2D eigenvalue weighted by molar-refractivity contribution is 4.92. The van der Waals surface area contributed by atoms with Gasteiger partial charge in [0.2, 0.25) is 0 Å². The predicted molar refractivity (Wildman–Crippen MR) is 57.2 cm³/mol. The minimum absolute atomic E-state index is 0.180. The highest BCUT2D eigenvalue weighted by atomic mass is 16.5. The van der Waals surface area contributed by atoms with Gasteiger partial charge in [0.1, 0.15) is 0 Å². The van der Waals surface area contributed by atoms with Crippen molar-refractivity contribution in [3.8, 4) is 0 Å². The van der Waals surface area contributed by atoms with Crippen LogP contribution in [-0.4, -0.2) is 31.8 Å². The van der Waals surface area contributed by atoms with Crippen LogP contribution in [0.5, 0.6) is 0 Å². The number of hydrogen-bond acceptors (Lipinski definition) is 3. The molecule has 0 bridgehead atoms. The summed E-state index contributed by atoms with van der Waals surface area (Å²) >= 11 is 0. The van der Waals surface area contributed by atoms with Crippen LogP contribution in [0.25, 0.3) is 0 Å². The third kappa shape index (κ3) is 2.69. The fraction of sp³-hybridized carbons (Fsp3) is 1.00. The second kappa shape index (κ2) is 4.60. The lowest BCUT2D eigenvalue weighted by Crippen LogP contribution is -2.52. The zero-order chi connectivity index (χ0) is 9.86. The van der Waals surface area contributed by atoms with Crippen molar-refractivity contribution in [1.29, 1.82) is 0 Å². The van der Waals surface area contributed by atoms with Crippen molar-refractivity contribution in [3.63, 3.8) is 0 Å². The van der Waals surface area contributed by atoms with Crippen LogP contribution in [0.15, 0.2) is 0 Å². The molecule has 3 nitrogen and oxygen atoms in total. The molecule has 1 saturated carbocycles. The third-order valence-electron chi connectivity index (χ3n) is 3.52. The Morgan fingerprint density at radius 2 is 2.14 bits per heavy atom. The summed E-state index contributed by atoms with van der Waals surface area (Å²) in [6, 6.07) is 0. The first-order chi connectivity index (χ1) is 6.85. The van der Waals surface area contributed by atoms with Crippen LogP contribution in [0.2, 0.25) is 0 Å². The summed E-state index contributed by atoms with van der Waals surface area (Å²) in [6.45, 7) is 3.70. The third-order valence-corrected chi connectivity index (χ3v) is 3.52. The summed E-state index contributed by atoms with van der Waals surface area (Å²) in [5, 5.41) is 3.68. The highest BCUT2D eigenvalue weighted by Crippen LogP contribution is 2.29. The molecular weight excluding hydrogens is 176 g/mol. The maximum absolute atomic E-state index is 5.90. The zero-order valence-corrected chi connectivity index (χ0v) is 8.93. The van der Waals surface area contributed by atoms with Crippen molar-refractivity contribution in [3.05, 3.63) is 0 Å². The van der Waals surface area contributed by atoms with Gasteiger partial charge in [-0.25, -0.2) is 0 Å². The summed E-state index contributed by atoms with van der Waals surface area (Å²) in [5.41, 5.74) is 6.08. The van der Waals surface area contributed by atoms with Crippen LogP contribution in [0.4, 0.5) is 0 Å². The molecule has 82 valence electrons. The lowest BCUT2D eigenvalue weighted by atomic mass is 9.90. The van der Waals surface area contributed by atoms with Crippen molar-refractivity contribution in [1.82, 2.24) is 5.32 Å². The molecule has 2 rings (SSSR count). The molecule has 1 heterocycles. The van der Waals surface area contributed by atoms with Gasteiger partial charge in [0, 0.05) is 25.3 Å². The first-order valence-electron chi connectivity index (χ1n) is 5.87. The van der Waals surface area contributed by atoms with Gasteiger partial charge in [-0.1, -0.05) is 0 Å². The van der Waals surface area contributed by atoms with E-state index < -0.39 is 0 Å². The summed E-state index contributed by atoms with van der Waals surface area (Å²) in [7, 11) is 0. The number of nitrogens with two attached hydrogens (primary N) is 1. The Balaban J connectivity index is 1.84. The summed E-state index contributed by atoms with van der Waals surface area (Å²) in [4.78, 5) is 0. The van der Waals surface area contributed by atoms with Gasteiger partial charge in [0.25, 0.3) is 0 Å². The quantitative estimate of drug-likeness (QED) is 0.705. The second-order valence-electron chi connectivity index (χ2n) is 4.77. The van der Waals surface area contributed by atoms with Crippen LogP contribution in [0.3, 0.4) is 0 Å². The average molecular weight is 198 g/mol. The van der Waals surface area contributed by atoms with E-state index >= 15 is 0 Å². The number of hydrogen-bond donors (Lipinski definition) is 2. The molecule has 0 amide bonds. The number of nitrogens with one attached hydrogen (secondary N) is 1. The van der Waals surface area contributed by atoms with Gasteiger partial charge in [0.15, 0.2) is 0 Å². The molecule has 3 heteroatoms. The van der Waals surface area contributed by atoms with E-state index in [1.165, 1.54) is 19.3 Å². The monoisotopic (exact) mass is 198 g/mol. The molecule has 1 atom stereocenters. The smallest absolute Gasteiger partial charge is 0.0484 e.